The smallest absolute Gasteiger partial charge is 0.303 e. The van der Waals surface area contributed by atoms with E-state index in [2.05, 4.69) is 0 Å². The van der Waals surface area contributed by atoms with E-state index in [1.54, 1.807) is 6.92 Å². The van der Waals surface area contributed by atoms with Gasteiger partial charge < -0.3 is 29.4 Å². The van der Waals surface area contributed by atoms with Gasteiger partial charge in [0.15, 0.2) is 24.6 Å². The highest BCUT2D eigenvalue weighted by Crippen LogP contribution is 2.29. The lowest BCUT2D eigenvalue weighted by molar-refractivity contribution is -0.300. The Morgan fingerprint density at radius 1 is 0.913 bits per heavy atom. The monoisotopic (exact) mass is 333 g/mol. The molecule has 1 saturated heterocycles. The first-order chi connectivity index (χ1) is 10.8. The predicted molar refractivity (Wildman–Crippen MR) is 76.0 cm³/mol. The minimum Gasteiger partial charge on any atom is -0.456 e. The van der Waals surface area contributed by atoms with E-state index in [4.69, 9.17) is 29.4 Å². The van der Waals surface area contributed by atoms with Crippen molar-refractivity contribution in [1.29, 1.82) is 0 Å². The molecule has 5 atom stereocenters. The Balaban J connectivity index is 3.08. The second-order valence-electron chi connectivity index (χ2n) is 5.09. The number of ether oxygens (including phenoxy) is 5. The molecule has 0 aromatic heterocycles. The van der Waals surface area contributed by atoms with Gasteiger partial charge in [0.2, 0.25) is 0 Å². The zero-order chi connectivity index (χ0) is 17.6. The maximum absolute atomic E-state index is 11.4. The molecule has 0 aromatic rings. The van der Waals surface area contributed by atoms with Crippen LogP contribution in [0.1, 0.15) is 27.7 Å². The molecule has 132 valence electrons. The number of rotatable bonds is 6. The van der Waals surface area contributed by atoms with E-state index < -0.39 is 48.6 Å². The summed E-state index contributed by atoms with van der Waals surface area (Å²) < 4.78 is 26.6. The molecule has 1 fully saturated rings. The largest absolute Gasteiger partial charge is 0.456 e. The standard InChI is InChI=1S/C14H23NO8/c1-7-11(21-8(2)16)12(22-9(3)17)13(23-10(4)18)14(20-7)19-6-5-15/h7,11-14H,5-6,15H2,1-4H3/t7-,11+,12+,13-,14+/m0/s1. The molecule has 2 N–H and O–H groups in total. The Kier molecular flexibility index (Phi) is 7.40. The number of hydrogen-bond donors (Lipinski definition) is 1. The summed E-state index contributed by atoms with van der Waals surface area (Å²) >= 11 is 0. The van der Waals surface area contributed by atoms with Gasteiger partial charge in [-0.3, -0.25) is 14.4 Å². The topological polar surface area (TPSA) is 123 Å². The molecule has 9 nitrogen and oxygen atoms in total. The van der Waals surface area contributed by atoms with Crippen LogP contribution in [-0.2, 0) is 38.1 Å². The summed E-state index contributed by atoms with van der Waals surface area (Å²) in [5.74, 6) is -1.81. The van der Waals surface area contributed by atoms with Gasteiger partial charge in [-0.15, -0.1) is 0 Å². The molecule has 1 rings (SSSR count). The Bertz CT molecular complexity index is 440. The van der Waals surface area contributed by atoms with E-state index >= 15 is 0 Å². The van der Waals surface area contributed by atoms with Crippen LogP contribution < -0.4 is 5.73 Å². The predicted octanol–water partition coefficient (Wildman–Crippen LogP) is -0.498. The van der Waals surface area contributed by atoms with Gasteiger partial charge in [0.1, 0.15) is 0 Å². The maximum atomic E-state index is 11.4. The molecule has 23 heavy (non-hydrogen) atoms. The number of carbonyl (C=O) groups is 3. The third-order valence-corrected chi connectivity index (χ3v) is 3.03. The quantitative estimate of drug-likeness (QED) is 0.506. The fraction of sp³-hybridized carbons (Fsp3) is 0.786. The van der Waals surface area contributed by atoms with Gasteiger partial charge in [-0.1, -0.05) is 0 Å². The van der Waals surface area contributed by atoms with E-state index in [1.165, 1.54) is 20.8 Å². The molecule has 0 aliphatic carbocycles. The molecule has 0 saturated carbocycles. The van der Waals surface area contributed by atoms with Crippen LogP contribution in [0.15, 0.2) is 0 Å². The van der Waals surface area contributed by atoms with Crippen molar-refractivity contribution in [1.82, 2.24) is 0 Å². The molecule has 0 aromatic carbocycles. The van der Waals surface area contributed by atoms with Crippen LogP contribution in [0.5, 0.6) is 0 Å². The van der Waals surface area contributed by atoms with Crippen molar-refractivity contribution in [3.63, 3.8) is 0 Å². The summed E-state index contributed by atoms with van der Waals surface area (Å²) in [5, 5.41) is 0. The number of esters is 3. The SMILES string of the molecule is CC(=O)O[C@H]1[C@H](OC(C)=O)[C@H](OCCN)O[C@@H](C)[C@H]1OC(C)=O. The number of hydrogen-bond acceptors (Lipinski definition) is 9. The van der Waals surface area contributed by atoms with Gasteiger partial charge in [-0.05, 0) is 6.92 Å². The normalized spacial score (nSPS) is 30.4. The highest BCUT2D eigenvalue weighted by atomic mass is 16.7. The van der Waals surface area contributed by atoms with E-state index in [-0.39, 0.29) is 13.2 Å². The third-order valence-electron chi connectivity index (χ3n) is 3.03. The van der Waals surface area contributed by atoms with Crippen LogP contribution in [0.2, 0.25) is 0 Å². The highest BCUT2D eigenvalue weighted by Gasteiger charge is 2.50. The van der Waals surface area contributed by atoms with Crippen molar-refractivity contribution < 1.29 is 38.1 Å². The van der Waals surface area contributed by atoms with Crippen LogP contribution >= 0.6 is 0 Å². The molecule has 0 amide bonds. The van der Waals surface area contributed by atoms with Gasteiger partial charge in [0.05, 0.1) is 12.7 Å². The summed E-state index contributed by atoms with van der Waals surface area (Å²) in [7, 11) is 0. The average Bonchev–Trinajstić information content (AvgIpc) is 2.42. The second-order valence-corrected chi connectivity index (χ2v) is 5.09. The van der Waals surface area contributed by atoms with Crippen LogP contribution in [0, 0.1) is 0 Å². The van der Waals surface area contributed by atoms with Crippen LogP contribution in [-0.4, -0.2) is 61.8 Å². The molecular weight excluding hydrogens is 310 g/mol. The molecule has 1 aliphatic rings. The molecule has 0 radical (unpaired) electrons. The van der Waals surface area contributed by atoms with Crippen molar-refractivity contribution in [3.05, 3.63) is 0 Å². The van der Waals surface area contributed by atoms with Gasteiger partial charge >= 0.3 is 17.9 Å². The van der Waals surface area contributed by atoms with E-state index in [0.29, 0.717) is 0 Å². The summed E-state index contributed by atoms with van der Waals surface area (Å²) in [4.78, 5) is 34.1. The molecule has 0 unspecified atom stereocenters. The molecular formula is C14H23NO8. The first kappa shape index (κ1) is 19.3. The summed E-state index contributed by atoms with van der Waals surface area (Å²) in [6, 6.07) is 0. The molecule has 1 heterocycles. The lowest BCUT2D eigenvalue weighted by atomic mass is 9.99. The highest BCUT2D eigenvalue weighted by molar-refractivity contribution is 5.68. The second kappa shape index (κ2) is 8.80. The zero-order valence-electron chi connectivity index (χ0n) is 13.6. The Morgan fingerprint density at radius 2 is 1.39 bits per heavy atom. The minimum absolute atomic E-state index is 0.153. The lowest BCUT2D eigenvalue weighted by Crippen LogP contribution is -2.61. The molecule has 0 bridgehead atoms. The van der Waals surface area contributed by atoms with Gasteiger partial charge in [0, 0.05) is 27.3 Å². The molecule has 9 heteroatoms. The molecule has 1 aliphatic heterocycles. The third kappa shape index (κ3) is 5.77. The lowest BCUT2D eigenvalue weighted by Gasteiger charge is -2.43. The van der Waals surface area contributed by atoms with Crippen molar-refractivity contribution in [2.24, 2.45) is 5.73 Å². The van der Waals surface area contributed by atoms with Gasteiger partial charge in [-0.25, -0.2) is 0 Å². The Labute approximate surface area is 134 Å². The fourth-order valence-corrected chi connectivity index (χ4v) is 2.29. The summed E-state index contributed by atoms with van der Waals surface area (Å²) in [5.41, 5.74) is 5.39. The number of carbonyl (C=O) groups excluding carboxylic acids is 3. The van der Waals surface area contributed by atoms with E-state index in [1.807, 2.05) is 0 Å². The van der Waals surface area contributed by atoms with E-state index in [9.17, 15) is 14.4 Å². The van der Waals surface area contributed by atoms with Crippen LogP contribution in [0.25, 0.3) is 0 Å². The van der Waals surface area contributed by atoms with Gasteiger partial charge in [-0.2, -0.15) is 0 Å². The van der Waals surface area contributed by atoms with Crippen molar-refractivity contribution >= 4 is 17.9 Å². The summed E-state index contributed by atoms with van der Waals surface area (Å²) in [6.45, 7) is 5.63. The maximum Gasteiger partial charge on any atom is 0.303 e. The summed E-state index contributed by atoms with van der Waals surface area (Å²) in [6.07, 6.45) is -4.69. The number of nitrogens with two attached hydrogens (primary N) is 1. The van der Waals surface area contributed by atoms with Crippen molar-refractivity contribution in [2.75, 3.05) is 13.2 Å². The van der Waals surface area contributed by atoms with Crippen molar-refractivity contribution in [2.45, 2.75) is 58.4 Å². The first-order valence-electron chi connectivity index (χ1n) is 7.25. The average molecular weight is 333 g/mol. The molecule has 0 spiro atoms. The van der Waals surface area contributed by atoms with Crippen molar-refractivity contribution in [3.8, 4) is 0 Å². The first-order valence-corrected chi connectivity index (χ1v) is 7.25. The van der Waals surface area contributed by atoms with Crippen LogP contribution in [0.4, 0.5) is 0 Å². The minimum atomic E-state index is -1.08. The van der Waals surface area contributed by atoms with Gasteiger partial charge in [0.25, 0.3) is 0 Å². The van der Waals surface area contributed by atoms with E-state index in [0.717, 1.165) is 0 Å². The van der Waals surface area contributed by atoms with Crippen LogP contribution in [0.3, 0.4) is 0 Å². The Hall–Kier alpha value is -1.71. The Morgan fingerprint density at radius 3 is 1.87 bits per heavy atom. The fourth-order valence-electron chi connectivity index (χ4n) is 2.29. The zero-order valence-corrected chi connectivity index (χ0v) is 13.6.